The average Bonchev–Trinajstić information content (AvgIpc) is 2.51. The molecule has 0 radical (unpaired) electrons. The second-order valence-corrected chi connectivity index (χ2v) is 6.28. The van der Waals surface area contributed by atoms with Gasteiger partial charge in [0.25, 0.3) is 0 Å². The van der Waals surface area contributed by atoms with Crippen LogP contribution in [0.5, 0.6) is 0 Å². The van der Waals surface area contributed by atoms with Gasteiger partial charge < -0.3 is 15.8 Å². The Morgan fingerprint density at radius 3 is 2.61 bits per heavy atom. The van der Waals surface area contributed by atoms with E-state index in [4.69, 9.17) is 0 Å². The number of hydrogen-bond acceptors (Lipinski definition) is 2. The van der Waals surface area contributed by atoms with Crippen molar-refractivity contribution in [1.82, 2.24) is 5.32 Å². The Labute approximate surface area is 135 Å². The highest BCUT2D eigenvalue weighted by Crippen LogP contribution is 2.43. The van der Waals surface area contributed by atoms with Crippen molar-refractivity contribution in [3.63, 3.8) is 0 Å². The Hall–Kier alpha value is -2.56. The van der Waals surface area contributed by atoms with Crippen LogP contribution in [-0.2, 0) is 6.42 Å². The summed E-state index contributed by atoms with van der Waals surface area (Å²) in [6.45, 7) is 0.651. The van der Waals surface area contributed by atoms with Crippen molar-refractivity contribution in [3.05, 3.63) is 65.6 Å². The number of pyridine rings is 1. The summed E-state index contributed by atoms with van der Waals surface area (Å²) in [7, 11) is 0. The molecular weight excluding hydrogens is 290 g/mol. The first-order valence-electron chi connectivity index (χ1n) is 7.93. The standard InChI is InChI=1S/C18H21N3O2/c22-17(20-16-8-4-11-21(23)13-16)19-14-18(9-5-10-18)12-15-6-2-1-3-7-15/h1-4,6-8,11,13H,5,9-10,12,14H2,(H2,19,20,22). The van der Waals surface area contributed by atoms with Crippen LogP contribution in [0, 0.1) is 10.6 Å². The van der Waals surface area contributed by atoms with E-state index in [0.29, 0.717) is 17.0 Å². The summed E-state index contributed by atoms with van der Waals surface area (Å²) in [5.74, 6) is 0. The quantitative estimate of drug-likeness (QED) is 0.658. The molecular formula is C18H21N3O2. The van der Waals surface area contributed by atoms with Gasteiger partial charge >= 0.3 is 6.03 Å². The molecule has 5 nitrogen and oxygen atoms in total. The lowest BCUT2D eigenvalue weighted by Crippen LogP contribution is -2.45. The Morgan fingerprint density at radius 2 is 1.96 bits per heavy atom. The van der Waals surface area contributed by atoms with Gasteiger partial charge in [-0.15, -0.1) is 0 Å². The van der Waals surface area contributed by atoms with Gasteiger partial charge in [0.1, 0.15) is 5.69 Å². The van der Waals surface area contributed by atoms with Gasteiger partial charge in [-0.05, 0) is 36.3 Å². The summed E-state index contributed by atoms with van der Waals surface area (Å²) >= 11 is 0. The second-order valence-electron chi connectivity index (χ2n) is 6.28. The fourth-order valence-electron chi connectivity index (χ4n) is 3.09. The molecule has 0 unspecified atom stereocenters. The minimum absolute atomic E-state index is 0.161. The zero-order chi connectivity index (χ0) is 16.1. The van der Waals surface area contributed by atoms with Crippen LogP contribution >= 0.6 is 0 Å². The van der Waals surface area contributed by atoms with Crippen LogP contribution in [0.1, 0.15) is 24.8 Å². The van der Waals surface area contributed by atoms with Crippen molar-refractivity contribution in [2.45, 2.75) is 25.7 Å². The third-order valence-electron chi connectivity index (χ3n) is 4.49. The third-order valence-corrected chi connectivity index (χ3v) is 4.49. The largest absolute Gasteiger partial charge is 0.619 e. The van der Waals surface area contributed by atoms with Crippen molar-refractivity contribution in [2.75, 3.05) is 11.9 Å². The number of rotatable bonds is 5. The van der Waals surface area contributed by atoms with E-state index < -0.39 is 0 Å². The number of amides is 2. The van der Waals surface area contributed by atoms with Crippen LogP contribution in [0.25, 0.3) is 0 Å². The molecule has 1 heterocycles. The molecule has 2 aromatic rings. The number of carbonyl (C=O) groups is 1. The highest BCUT2D eigenvalue weighted by Gasteiger charge is 2.37. The van der Waals surface area contributed by atoms with E-state index in [1.54, 1.807) is 12.1 Å². The predicted molar refractivity (Wildman–Crippen MR) is 88.9 cm³/mol. The van der Waals surface area contributed by atoms with E-state index >= 15 is 0 Å². The molecule has 1 aliphatic carbocycles. The Balaban J connectivity index is 1.54. The van der Waals surface area contributed by atoms with E-state index in [1.165, 1.54) is 24.4 Å². The smallest absolute Gasteiger partial charge is 0.319 e. The number of benzene rings is 1. The number of anilines is 1. The van der Waals surface area contributed by atoms with Crippen molar-refractivity contribution < 1.29 is 9.52 Å². The van der Waals surface area contributed by atoms with Crippen LogP contribution < -0.4 is 15.4 Å². The zero-order valence-corrected chi connectivity index (χ0v) is 13.0. The molecule has 0 bridgehead atoms. The Kier molecular flexibility index (Phi) is 4.46. The maximum Gasteiger partial charge on any atom is 0.319 e. The highest BCUT2D eigenvalue weighted by atomic mass is 16.5. The molecule has 120 valence electrons. The van der Waals surface area contributed by atoms with Crippen molar-refractivity contribution in [2.24, 2.45) is 5.41 Å². The van der Waals surface area contributed by atoms with Gasteiger partial charge in [0, 0.05) is 12.6 Å². The lowest BCUT2D eigenvalue weighted by molar-refractivity contribution is -0.604. The Bertz CT molecular complexity index is 669. The number of hydrogen-bond donors (Lipinski definition) is 2. The lowest BCUT2D eigenvalue weighted by Gasteiger charge is -2.42. The van der Waals surface area contributed by atoms with Crippen LogP contribution in [0.3, 0.4) is 0 Å². The predicted octanol–water partition coefficient (Wildman–Crippen LogP) is 2.85. The van der Waals surface area contributed by atoms with Gasteiger partial charge in [-0.25, -0.2) is 4.79 Å². The van der Waals surface area contributed by atoms with E-state index in [0.717, 1.165) is 19.3 Å². The molecule has 3 rings (SSSR count). The second kappa shape index (κ2) is 6.69. The number of nitrogens with zero attached hydrogens (tertiary/aromatic N) is 1. The van der Waals surface area contributed by atoms with Crippen molar-refractivity contribution in [3.8, 4) is 0 Å². The normalized spacial score (nSPS) is 15.5. The van der Waals surface area contributed by atoms with E-state index in [1.807, 2.05) is 6.07 Å². The summed E-state index contributed by atoms with van der Waals surface area (Å²) in [6.07, 6.45) is 7.18. The van der Waals surface area contributed by atoms with Gasteiger partial charge in [-0.2, -0.15) is 4.73 Å². The molecule has 1 fully saturated rings. The summed E-state index contributed by atoms with van der Waals surface area (Å²) in [5, 5.41) is 16.8. The molecule has 2 amide bonds. The van der Waals surface area contributed by atoms with Gasteiger partial charge in [0.2, 0.25) is 6.20 Å². The fraction of sp³-hybridized carbons (Fsp3) is 0.333. The van der Waals surface area contributed by atoms with Crippen molar-refractivity contribution >= 4 is 11.7 Å². The molecule has 0 spiro atoms. The average molecular weight is 311 g/mol. The fourth-order valence-corrected chi connectivity index (χ4v) is 3.09. The lowest BCUT2D eigenvalue weighted by atomic mass is 9.65. The molecule has 2 N–H and O–H groups in total. The summed E-state index contributed by atoms with van der Waals surface area (Å²) in [5.41, 5.74) is 1.96. The van der Waals surface area contributed by atoms with Crippen LogP contribution in [-0.4, -0.2) is 12.6 Å². The molecule has 0 aliphatic heterocycles. The van der Waals surface area contributed by atoms with Crippen molar-refractivity contribution in [1.29, 1.82) is 0 Å². The number of aromatic nitrogens is 1. The van der Waals surface area contributed by atoms with Crippen LogP contribution in [0.4, 0.5) is 10.5 Å². The SMILES string of the molecule is O=C(NCC1(Cc2ccccc2)CCC1)Nc1ccc[n+]([O-])c1. The van der Waals surface area contributed by atoms with E-state index in [9.17, 15) is 10.0 Å². The molecule has 23 heavy (non-hydrogen) atoms. The molecule has 0 saturated heterocycles. The summed E-state index contributed by atoms with van der Waals surface area (Å²) in [4.78, 5) is 12.0. The first-order chi connectivity index (χ1) is 11.2. The first-order valence-corrected chi connectivity index (χ1v) is 7.93. The number of carbonyl (C=O) groups excluding carboxylic acids is 1. The summed E-state index contributed by atoms with van der Waals surface area (Å²) in [6, 6.07) is 13.4. The molecule has 0 atom stereocenters. The van der Waals surface area contributed by atoms with Gasteiger partial charge in [0.15, 0.2) is 6.20 Å². The van der Waals surface area contributed by atoms with Gasteiger partial charge in [0.05, 0.1) is 0 Å². The molecule has 5 heteroatoms. The minimum atomic E-state index is -0.268. The van der Waals surface area contributed by atoms with Gasteiger partial charge in [-0.1, -0.05) is 36.8 Å². The molecule has 1 aromatic heterocycles. The number of nitrogens with one attached hydrogen (secondary N) is 2. The van der Waals surface area contributed by atoms with E-state index in [2.05, 4.69) is 34.9 Å². The molecule has 1 aromatic carbocycles. The maximum absolute atomic E-state index is 12.0. The highest BCUT2D eigenvalue weighted by molar-refractivity contribution is 5.88. The summed E-state index contributed by atoms with van der Waals surface area (Å²) < 4.78 is 0.665. The monoisotopic (exact) mass is 311 g/mol. The van der Waals surface area contributed by atoms with Crippen LogP contribution in [0.15, 0.2) is 54.9 Å². The third kappa shape index (κ3) is 4.00. The first kappa shape index (κ1) is 15.3. The van der Waals surface area contributed by atoms with E-state index in [-0.39, 0.29) is 11.4 Å². The van der Waals surface area contributed by atoms with Crippen LogP contribution in [0.2, 0.25) is 0 Å². The van der Waals surface area contributed by atoms with Gasteiger partial charge in [-0.3, -0.25) is 0 Å². The molecule has 1 aliphatic rings. The number of urea groups is 1. The maximum atomic E-state index is 12.0. The zero-order valence-electron chi connectivity index (χ0n) is 13.0. The topological polar surface area (TPSA) is 68.1 Å². The Morgan fingerprint density at radius 1 is 1.17 bits per heavy atom. The molecule has 1 saturated carbocycles. The minimum Gasteiger partial charge on any atom is -0.619 e.